The monoisotopic (exact) mass is 255 g/mol. The summed E-state index contributed by atoms with van der Waals surface area (Å²) in [7, 11) is 0. The third-order valence-electron chi connectivity index (χ3n) is 2.35. The minimum atomic E-state index is 1.10. The molecule has 1 aromatic rings. The number of aromatic nitrogens is 1. The first-order chi connectivity index (χ1) is 6.84. The Labute approximate surface area is 95.1 Å². The highest BCUT2D eigenvalue weighted by atomic mass is 79.9. The van der Waals surface area contributed by atoms with Gasteiger partial charge in [-0.15, -0.1) is 0 Å². The zero-order chi connectivity index (χ0) is 10.2. The molecule has 0 aliphatic heterocycles. The van der Waals surface area contributed by atoms with E-state index in [1.807, 2.05) is 12.3 Å². The Hall–Kier alpha value is -0.370. The van der Waals surface area contributed by atoms with Gasteiger partial charge in [-0.05, 0) is 40.9 Å². The third kappa shape index (κ3) is 4.23. The van der Waals surface area contributed by atoms with Crippen LogP contribution in [0.4, 0.5) is 0 Å². The van der Waals surface area contributed by atoms with Crippen molar-refractivity contribution in [1.82, 2.24) is 4.98 Å². The van der Waals surface area contributed by atoms with E-state index in [0.717, 1.165) is 10.9 Å². The summed E-state index contributed by atoms with van der Waals surface area (Å²) < 4.78 is 1.15. The van der Waals surface area contributed by atoms with Crippen LogP contribution in [0.2, 0.25) is 0 Å². The van der Waals surface area contributed by atoms with Crippen LogP contribution in [0.25, 0.3) is 0 Å². The fourth-order valence-electron chi connectivity index (χ4n) is 1.50. The lowest BCUT2D eigenvalue weighted by Crippen LogP contribution is -1.91. The van der Waals surface area contributed by atoms with E-state index in [1.165, 1.54) is 37.8 Å². The Morgan fingerprint density at radius 3 is 2.71 bits per heavy atom. The zero-order valence-corrected chi connectivity index (χ0v) is 10.4. The Kier molecular flexibility index (Phi) is 5.85. The van der Waals surface area contributed by atoms with Crippen molar-refractivity contribution in [3.05, 3.63) is 28.5 Å². The van der Waals surface area contributed by atoms with Crippen LogP contribution in [0.3, 0.4) is 0 Å². The van der Waals surface area contributed by atoms with Crippen LogP contribution in [0.5, 0.6) is 0 Å². The summed E-state index contributed by atoms with van der Waals surface area (Å²) in [6.45, 7) is 2.25. The van der Waals surface area contributed by atoms with Crippen LogP contribution < -0.4 is 0 Å². The summed E-state index contributed by atoms with van der Waals surface area (Å²) in [4.78, 5) is 4.35. The topological polar surface area (TPSA) is 12.9 Å². The molecule has 2 heteroatoms. The van der Waals surface area contributed by atoms with Crippen molar-refractivity contribution in [2.24, 2.45) is 0 Å². The number of hydrogen-bond acceptors (Lipinski definition) is 1. The molecule has 0 N–H and O–H groups in total. The maximum absolute atomic E-state index is 4.35. The number of rotatable bonds is 6. The number of hydrogen-bond donors (Lipinski definition) is 0. The summed E-state index contributed by atoms with van der Waals surface area (Å²) in [6, 6.07) is 4.03. The van der Waals surface area contributed by atoms with Gasteiger partial charge in [0.25, 0.3) is 0 Å². The van der Waals surface area contributed by atoms with Gasteiger partial charge in [-0.25, -0.2) is 0 Å². The average Bonchev–Trinajstić information content (AvgIpc) is 2.20. The zero-order valence-electron chi connectivity index (χ0n) is 8.80. The molecule has 0 amide bonds. The molecule has 0 saturated heterocycles. The molecule has 0 aliphatic rings. The standard InChI is InChI=1S/C12H18BrN/c1-2-3-4-5-6-9-12-11(13)8-7-10-14-12/h7-8,10H,2-6,9H2,1H3. The quantitative estimate of drug-likeness (QED) is 0.689. The van der Waals surface area contributed by atoms with Gasteiger partial charge >= 0.3 is 0 Å². The van der Waals surface area contributed by atoms with Crippen molar-refractivity contribution in [2.75, 3.05) is 0 Å². The first-order valence-electron chi connectivity index (χ1n) is 5.44. The average molecular weight is 256 g/mol. The van der Waals surface area contributed by atoms with Crippen molar-refractivity contribution < 1.29 is 0 Å². The minimum Gasteiger partial charge on any atom is -0.260 e. The lowest BCUT2D eigenvalue weighted by molar-refractivity contribution is 0.627. The minimum absolute atomic E-state index is 1.10. The summed E-state index contributed by atoms with van der Waals surface area (Å²) in [5.74, 6) is 0. The van der Waals surface area contributed by atoms with E-state index in [9.17, 15) is 0 Å². The molecule has 0 radical (unpaired) electrons. The fraction of sp³-hybridized carbons (Fsp3) is 0.583. The summed E-state index contributed by atoms with van der Waals surface area (Å²) in [5.41, 5.74) is 1.20. The van der Waals surface area contributed by atoms with Crippen molar-refractivity contribution in [3.8, 4) is 0 Å². The molecule has 14 heavy (non-hydrogen) atoms. The molecule has 0 bridgehead atoms. The normalized spacial score (nSPS) is 10.4. The number of halogens is 1. The van der Waals surface area contributed by atoms with Crippen LogP contribution in [0.15, 0.2) is 22.8 Å². The number of nitrogens with zero attached hydrogens (tertiary/aromatic N) is 1. The first kappa shape index (κ1) is 11.7. The Morgan fingerprint density at radius 2 is 2.00 bits per heavy atom. The van der Waals surface area contributed by atoms with Gasteiger partial charge in [0.05, 0.1) is 5.69 Å². The molecule has 0 unspecified atom stereocenters. The molecule has 1 heterocycles. The summed E-state index contributed by atoms with van der Waals surface area (Å²) in [6.07, 6.45) is 9.60. The Balaban J connectivity index is 2.21. The lowest BCUT2D eigenvalue weighted by Gasteiger charge is -2.02. The molecule has 1 rings (SSSR count). The molecule has 0 aliphatic carbocycles. The summed E-state index contributed by atoms with van der Waals surface area (Å²) >= 11 is 3.52. The van der Waals surface area contributed by atoms with Crippen molar-refractivity contribution in [3.63, 3.8) is 0 Å². The highest BCUT2D eigenvalue weighted by Gasteiger charge is 1.99. The fourth-order valence-corrected chi connectivity index (χ4v) is 1.95. The number of unbranched alkanes of at least 4 members (excludes halogenated alkanes) is 4. The molecular weight excluding hydrogens is 238 g/mol. The van der Waals surface area contributed by atoms with Crippen LogP contribution in [0.1, 0.15) is 44.7 Å². The van der Waals surface area contributed by atoms with E-state index < -0.39 is 0 Å². The molecule has 0 saturated carbocycles. The van der Waals surface area contributed by atoms with Crippen LogP contribution >= 0.6 is 15.9 Å². The lowest BCUT2D eigenvalue weighted by atomic mass is 10.1. The maximum Gasteiger partial charge on any atom is 0.0545 e. The maximum atomic E-state index is 4.35. The van der Waals surface area contributed by atoms with Crippen LogP contribution in [-0.2, 0) is 6.42 Å². The second-order valence-corrected chi connectivity index (χ2v) is 4.45. The van der Waals surface area contributed by atoms with E-state index in [4.69, 9.17) is 0 Å². The Bertz CT molecular complexity index is 260. The predicted molar refractivity (Wildman–Crippen MR) is 64.4 cm³/mol. The number of aryl methyl sites for hydroxylation is 1. The van der Waals surface area contributed by atoms with Gasteiger partial charge in [0.2, 0.25) is 0 Å². The highest BCUT2D eigenvalue weighted by molar-refractivity contribution is 9.10. The van der Waals surface area contributed by atoms with Crippen molar-refractivity contribution in [2.45, 2.75) is 45.4 Å². The van der Waals surface area contributed by atoms with Gasteiger partial charge in [-0.1, -0.05) is 32.6 Å². The third-order valence-corrected chi connectivity index (χ3v) is 3.07. The van der Waals surface area contributed by atoms with Crippen molar-refractivity contribution in [1.29, 1.82) is 0 Å². The molecule has 0 fully saturated rings. The van der Waals surface area contributed by atoms with Crippen LogP contribution in [0, 0.1) is 0 Å². The first-order valence-corrected chi connectivity index (χ1v) is 6.23. The number of pyridine rings is 1. The largest absolute Gasteiger partial charge is 0.260 e. The molecule has 0 atom stereocenters. The van der Waals surface area contributed by atoms with E-state index in [1.54, 1.807) is 0 Å². The van der Waals surface area contributed by atoms with Gasteiger partial charge < -0.3 is 0 Å². The van der Waals surface area contributed by atoms with Gasteiger partial charge in [0.1, 0.15) is 0 Å². The van der Waals surface area contributed by atoms with Gasteiger partial charge in [0, 0.05) is 10.7 Å². The molecular formula is C12H18BrN. The van der Waals surface area contributed by atoms with Gasteiger partial charge in [0.15, 0.2) is 0 Å². The van der Waals surface area contributed by atoms with Crippen molar-refractivity contribution >= 4 is 15.9 Å². The Morgan fingerprint density at radius 1 is 1.21 bits per heavy atom. The summed E-state index contributed by atoms with van der Waals surface area (Å²) in [5, 5.41) is 0. The highest BCUT2D eigenvalue weighted by Crippen LogP contribution is 2.16. The second-order valence-electron chi connectivity index (χ2n) is 3.60. The van der Waals surface area contributed by atoms with E-state index in [0.29, 0.717) is 0 Å². The molecule has 0 spiro atoms. The SMILES string of the molecule is CCCCCCCc1ncccc1Br. The molecule has 78 valence electrons. The second kappa shape index (κ2) is 6.99. The smallest absolute Gasteiger partial charge is 0.0545 e. The van der Waals surface area contributed by atoms with Gasteiger partial charge in [-0.3, -0.25) is 4.98 Å². The molecule has 1 nitrogen and oxygen atoms in total. The van der Waals surface area contributed by atoms with Gasteiger partial charge in [-0.2, -0.15) is 0 Å². The predicted octanol–water partition coefficient (Wildman–Crippen LogP) is 4.36. The van der Waals surface area contributed by atoms with Crippen LogP contribution in [-0.4, -0.2) is 4.98 Å². The van der Waals surface area contributed by atoms with E-state index in [-0.39, 0.29) is 0 Å². The molecule has 1 aromatic heterocycles. The van der Waals surface area contributed by atoms with E-state index in [2.05, 4.69) is 33.9 Å². The molecule has 0 aromatic carbocycles. The van der Waals surface area contributed by atoms with E-state index >= 15 is 0 Å².